The van der Waals surface area contributed by atoms with Crippen LogP contribution in [0.5, 0.6) is 0 Å². The van der Waals surface area contributed by atoms with E-state index < -0.39 is 42.0 Å². The third kappa shape index (κ3) is 2.67. The van der Waals surface area contributed by atoms with Crippen molar-refractivity contribution in [1.82, 2.24) is 5.32 Å². The maximum atomic E-state index is 12.0. The van der Waals surface area contributed by atoms with Crippen molar-refractivity contribution in [3.63, 3.8) is 0 Å². The van der Waals surface area contributed by atoms with E-state index in [0.717, 1.165) is 7.11 Å². The Morgan fingerprint density at radius 2 is 1.95 bits per heavy atom. The molecule has 0 aromatic heterocycles. The molecule has 1 aliphatic rings. The molecule has 0 radical (unpaired) electrons. The number of nitrogens with one attached hydrogen (secondary N) is 1. The van der Waals surface area contributed by atoms with E-state index in [-0.39, 0.29) is 0 Å². The Hall–Kier alpha value is -2.41. The number of carbonyl (C=O) groups excluding carboxylic acids is 3. The SMILES string of the molecule is COC(=O)[C@@]1(COC(=O)c2ccccc2)NC(=O)[C@H](C)[C@@H]1O. The van der Waals surface area contributed by atoms with E-state index in [2.05, 4.69) is 10.1 Å². The monoisotopic (exact) mass is 307 g/mol. The number of benzene rings is 1. The van der Waals surface area contributed by atoms with Gasteiger partial charge < -0.3 is 19.9 Å². The molecule has 0 bridgehead atoms. The number of amides is 1. The van der Waals surface area contributed by atoms with Crippen molar-refractivity contribution in [1.29, 1.82) is 0 Å². The molecule has 22 heavy (non-hydrogen) atoms. The quantitative estimate of drug-likeness (QED) is 0.752. The summed E-state index contributed by atoms with van der Waals surface area (Å²) in [6, 6.07) is 8.19. The second-order valence-electron chi connectivity index (χ2n) is 5.13. The van der Waals surface area contributed by atoms with Gasteiger partial charge in [-0.3, -0.25) is 4.79 Å². The first-order valence-corrected chi connectivity index (χ1v) is 6.73. The highest BCUT2D eigenvalue weighted by Gasteiger charge is 2.57. The second-order valence-corrected chi connectivity index (χ2v) is 5.13. The predicted molar refractivity (Wildman–Crippen MR) is 74.8 cm³/mol. The van der Waals surface area contributed by atoms with E-state index in [0.29, 0.717) is 5.56 Å². The van der Waals surface area contributed by atoms with Crippen molar-refractivity contribution >= 4 is 17.8 Å². The summed E-state index contributed by atoms with van der Waals surface area (Å²) < 4.78 is 9.73. The van der Waals surface area contributed by atoms with Crippen molar-refractivity contribution in [3.05, 3.63) is 35.9 Å². The molecule has 1 saturated heterocycles. The molecule has 1 aliphatic heterocycles. The Morgan fingerprint density at radius 1 is 1.32 bits per heavy atom. The lowest BCUT2D eigenvalue weighted by Gasteiger charge is -2.29. The van der Waals surface area contributed by atoms with Crippen LogP contribution in [0.2, 0.25) is 0 Å². The van der Waals surface area contributed by atoms with Crippen LogP contribution in [-0.2, 0) is 19.1 Å². The van der Waals surface area contributed by atoms with Gasteiger partial charge in [0, 0.05) is 0 Å². The number of esters is 2. The summed E-state index contributed by atoms with van der Waals surface area (Å²) in [6.07, 6.45) is -1.35. The van der Waals surface area contributed by atoms with E-state index in [4.69, 9.17) is 4.74 Å². The van der Waals surface area contributed by atoms with Crippen molar-refractivity contribution in [2.45, 2.75) is 18.6 Å². The Labute approximate surface area is 127 Å². The Morgan fingerprint density at radius 3 is 2.45 bits per heavy atom. The van der Waals surface area contributed by atoms with Gasteiger partial charge in [0.2, 0.25) is 5.91 Å². The van der Waals surface area contributed by atoms with Gasteiger partial charge in [-0.25, -0.2) is 9.59 Å². The third-order valence-electron chi connectivity index (χ3n) is 3.73. The molecule has 1 amide bonds. The van der Waals surface area contributed by atoms with Gasteiger partial charge in [0.1, 0.15) is 12.7 Å². The minimum Gasteiger partial charge on any atom is -0.467 e. The molecule has 7 heteroatoms. The Balaban J connectivity index is 2.17. The zero-order chi connectivity index (χ0) is 16.3. The van der Waals surface area contributed by atoms with Gasteiger partial charge in [-0.1, -0.05) is 25.1 Å². The van der Waals surface area contributed by atoms with Gasteiger partial charge >= 0.3 is 11.9 Å². The van der Waals surface area contributed by atoms with Crippen LogP contribution >= 0.6 is 0 Å². The van der Waals surface area contributed by atoms with E-state index in [1.54, 1.807) is 30.3 Å². The molecule has 2 N–H and O–H groups in total. The smallest absolute Gasteiger partial charge is 0.338 e. The van der Waals surface area contributed by atoms with Crippen LogP contribution in [0, 0.1) is 5.92 Å². The fraction of sp³-hybridized carbons (Fsp3) is 0.400. The van der Waals surface area contributed by atoms with Crippen molar-refractivity contribution in [3.8, 4) is 0 Å². The van der Waals surface area contributed by atoms with Gasteiger partial charge in [-0.05, 0) is 12.1 Å². The molecular weight excluding hydrogens is 290 g/mol. The number of aliphatic hydroxyl groups is 1. The molecule has 0 saturated carbocycles. The standard InChI is InChI=1S/C15H17NO6/c1-9-11(17)15(14(20)21-2,16-12(9)18)8-22-13(19)10-6-4-3-5-7-10/h3-7,9,11,17H,8H2,1-2H3,(H,16,18)/t9-,11+,15+/m1/s1. The lowest BCUT2D eigenvalue weighted by atomic mass is 9.90. The van der Waals surface area contributed by atoms with Gasteiger partial charge in [0.25, 0.3) is 0 Å². The van der Waals surface area contributed by atoms with Crippen LogP contribution < -0.4 is 5.32 Å². The molecule has 2 rings (SSSR count). The van der Waals surface area contributed by atoms with Crippen LogP contribution in [0.3, 0.4) is 0 Å². The molecule has 1 fully saturated rings. The second kappa shape index (κ2) is 6.15. The van der Waals surface area contributed by atoms with Gasteiger partial charge in [0.05, 0.1) is 18.6 Å². The van der Waals surface area contributed by atoms with Crippen molar-refractivity contribution < 1.29 is 29.0 Å². The molecule has 118 valence electrons. The highest BCUT2D eigenvalue weighted by molar-refractivity contribution is 5.95. The topological polar surface area (TPSA) is 102 Å². The van der Waals surface area contributed by atoms with Crippen LogP contribution in [0.25, 0.3) is 0 Å². The van der Waals surface area contributed by atoms with Crippen LogP contribution in [0.1, 0.15) is 17.3 Å². The van der Waals surface area contributed by atoms with E-state index in [1.807, 2.05) is 0 Å². The maximum Gasteiger partial charge on any atom is 0.338 e. The Bertz CT molecular complexity index is 587. The molecule has 3 atom stereocenters. The van der Waals surface area contributed by atoms with E-state index in [9.17, 15) is 19.5 Å². The van der Waals surface area contributed by atoms with Crippen LogP contribution in [0.4, 0.5) is 0 Å². The number of ether oxygens (including phenoxy) is 2. The molecule has 0 unspecified atom stereocenters. The number of methoxy groups -OCH3 is 1. The summed E-state index contributed by atoms with van der Waals surface area (Å²) in [5.41, 5.74) is -1.48. The normalized spacial score (nSPS) is 27.1. The zero-order valence-corrected chi connectivity index (χ0v) is 12.2. The summed E-state index contributed by atoms with van der Waals surface area (Å²) in [6.45, 7) is 0.967. The van der Waals surface area contributed by atoms with Crippen molar-refractivity contribution in [2.75, 3.05) is 13.7 Å². The first kappa shape index (κ1) is 16.0. The average Bonchev–Trinajstić information content (AvgIpc) is 2.77. The summed E-state index contributed by atoms with van der Waals surface area (Å²) in [5, 5.41) is 12.6. The van der Waals surface area contributed by atoms with Gasteiger partial charge in [-0.2, -0.15) is 0 Å². The summed E-state index contributed by atoms with van der Waals surface area (Å²) in [5.74, 6) is -2.84. The van der Waals surface area contributed by atoms with Gasteiger partial charge in [0.15, 0.2) is 5.54 Å². The highest BCUT2D eigenvalue weighted by atomic mass is 16.6. The lowest BCUT2D eigenvalue weighted by molar-refractivity contribution is -0.155. The summed E-state index contributed by atoms with van der Waals surface area (Å²) in [4.78, 5) is 35.7. The molecule has 1 heterocycles. The number of rotatable bonds is 4. The molecule has 0 aliphatic carbocycles. The molecule has 1 aromatic rings. The summed E-state index contributed by atoms with van der Waals surface area (Å²) >= 11 is 0. The number of hydrogen-bond acceptors (Lipinski definition) is 6. The largest absolute Gasteiger partial charge is 0.467 e. The molecular formula is C15H17NO6. The molecule has 7 nitrogen and oxygen atoms in total. The Kier molecular flexibility index (Phi) is 4.46. The minimum atomic E-state index is -1.78. The number of hydrogen-bond donors (Lipinski definition) is 2. The van der Waals surface area contributed by atoms with Crippen LogP contribution in [-0.4, -0.2) is 48.3 Å². The highest BCUT2D eigenvalue weighted by Crippen LogP contribution is 2.28. The fourth-order valence-electron chi connectivity index (χ4n) is 2.35. The average molecular weight is 307 g/mol. The lowest BCUT2D eigenvalue weighted by Crippen LogP contribution is -2.59. The number of aliphatic hydroxyl groups excluding tert-OH is 1. The van der Waals surface area contributed by atoms with Gasteiger partial charge in [-0.15, -0.1) is 0 Å². The predicted octanol–water partition coefficient (Wildman–Crippen LogP) is -0.118. The molecule has 1 aromatic carbocycles. The van der Waals surface area contributed by atoms with Crippen LogP contribution in [0.15, 0.2) is 30.3 Å². The first-order valence-electron chi connectivity index (χ1n) is 6.73. The van der Waals surface area contributed by atoms with E-state index >= 15 is 0 Å². The summed E-state index contributed by atoms with van der Waals surface area (Å²) in [7, 11) is 1.13. The molecule has 0 spiro atoms. The maximum absolute atomic E-state index is 12.0. The fourth-order valence-corrected chi connectivity index (χ4v) is 2.35. The van der Waals surface area contributed by atoms with Crippen molar-refractivity contribution in [2.24, 2.45) is 5.92 Å². The number of carbonyl (C=O) groups is 3. The van der Waals surface area contributed by atoms with E-state index in [1.165, 1.54) is 6.92 Å². The first-order chi connectivity index (χ1) is 10.4. The zero-order valence-electron chi connectivity index (χ0n) is 12.2. The third-order valence-corrected chi connectivity index (χ3v) is 3.73. The minimum absolute atomic E-state index is 0.300.